The van der Waals surface area contributed by atoms with Crippen LogP contribution in [-0.4, -0.2) is 161 Å². The molecule has 3 aromatic carbocycles. The van der Waals surface area contributed by atoms with Crippen LogP contribution in [0.2, 0.25) is 0 Å². The molecule has 1 fully saturated rings. The number of carbonyl (C=O) groups excluding carboxylic acids is 10. The molecule has 0 aromatic heterocycles. The summed E-state index contributed by atoms with van der Waals surface area (Å²) in [6, 6.07) is 14.1. The lowest BCUT2D eigenvalue weighted by Gasteiger charge is -2.34. The Morgan fingerprint density at radius 3 is 1.32 bits per heavy atom. The third kappa shape index (κ3) is 20.4. The van der Waals surface area contributed by atoms with Gasteiger partial charge in [-0.15, -0.1) is 0 Å². The van der Waals surface area contributed by atoms with Crippen LogP contribution in [0, 0.1) is 17.8 Å². The number of rotatable bonds is 13. The maximum absolute atomic E-state index is 14.9. The Labute approximate surface area is 476 Å². The molecular weight excluding hydrogens is 1040 g/mol. The van der Waals surface area contributed by atoms with E-state index >= 15 is 0 Å². The van der Waals surface area contributed by atoms with Gasteiger partial charge in [-0.3, -0.25) is 48.5 Å². The van der Waals surface area contributed by atoms with Crippen LogP contribution < -0.4 is 37.2 Å². The average Bonchev–Trinajstić information content (AvgIpc) is 3.42. The number of urea groups is 1. The second-order valence-corrected chi connectivity index (χ2v) is 22.6. The Kier molecular flexibility index (Phi) is 25.5. The predicted octanol–water partition coefficient (Wildman–Crippen LogP) is 2.78. The van der Waals surface area contributed by atoms with Gasteiger partial charge in [0.2, 0.25) is 47.3 Å². The van der Waals surface area contributed by atoms with Gasteiger partial charge in [0, 0.05) is 52.9 Å². The first-order chi connectivity index (χ1) is 38.2. The summed E-state index contributed by atoms with van der Waals surface area (Å²) in [5.74, 6) is -7.32. The van der Waals surface area contributed by atoms with E-state index in [1.54, 1.807) is 112 Å². The second kappa shape index (κ2) is 31.4. The van der Waals surface area contributed by atoms with Crippen molar-refractivity contribution >= 4 is 59.2 Å². The van der Waals surface area contributed by atoms with E-state index in [4.69, 9.17) is 0 Å². The highest BCUT2D eigenvalue weighted by Gasteiger charge is 2.39. The van der Waals surface area contributed by atoms with Crippen LogP contribution in [0.15, 0.2) is 91.0 Å². The van der Waals surface area contributed by atoms with Gasteiger partial charge < -0.3 is 51.7 Å². The van der Waals surface area contributed by atoms with E-state index in [1.165, 1.54) is 44.8 Å². The van der Waals surface area contributed by atoms with Crippen molar-refractivity contribution in [2.75, 3.05) is 21.1 Å². The van der Waals surface area contributed by atoms with Gasteiger partial charge in [-0.2, -0.15) is 0 Å². The van der Waals surface area contributed by atoms with E-state index in [2.05, 4.69) is 37.2 Å². The van der Waals surface area contributed by atoms with E-state index in [0.29, 0.717) is 16.7 Å². The fraction of sp³-hybridized carbons (Fsp3) is 0.533. The quantitative estimate of drug-likeness (QED) is 0.123. The molecule has 0 saturated carbocycles. The Balaban J connectivity index is 1.84. The molecule has 21 nitrogen and oxygen atoms in total. The normalized spacial score (nSPS) is 24.9. The molecule has 4 rings (SSSR count). The lowest BCUT2D eigenvalue weighted by molar-refractivity contribution is -0.144. The van der Waals surface area contributed by atoms with E-state index in [1.807, 2.05) is 27.7 Å². The second-order valence-electron chi connectivity index (χ2n) is 22.6. The third-order valence-electron chi connectivity index (χ3n) is 14.2. The largest absolute Gasteiger partial charge is 0.391 e. The molecule has 1 aliphatic heterocycles. The number of amides is 11. The van der Waals surface area contributed by atoms with Gasteiger partial charge in [0.1, 0.15) is 48.3 Å². The number of hydrogen-bond acceptors (Lipinski definition) is 11. The fourth-order valence-electron chi connectivity index (χ4n) is 9.41. The number of aliphatic hydroxyl groups excluding tert-OH is 1. The summed E-state index contributed by atoms with van der Waals surface area (Å²) in [6.07, 6.45) is -1.69. The van der Waals surface area contributed by atoms with Crippen LogP contribution in [0.25, 0.3) is 0 Å². The van der Waals surface area contributed by atoms with Crippen LogP contribution in [0.3, 0.4) is 0 Å². The minimum atomic E-state index is -1.74. The van der Waals surface area contributed by atoms with E-state index in [0.717, 1.165) is 4.90 Å². The Morgan fingerprint density at radius 1 is 0.444 bits per heavy atom. The number of likely N-dealkylation sites (N-methyl/N-ethyl adjacent to an activating group) is 3. The molecule has 8 N–H and O–H groups in total. The molecule has 0 spiro atoms. The molecule has 3 aromatic rings. The van der Waals surface area contributed by atoms with Gasteiger partial charge >= 0.3 is 6.03 Å². The summed E-state index contributed by atoms with van der Waals surface area (Å²) in [4.78, 5) is 147. The summed E-state index contributed by atoms with van der Waals surface area (Å²) in [6.45, 7) is 15.3. The third-order valence-corrected chi connectivity index (χ3v) is 14.2. The Morgan fingerprint density at radius 2 is 0.852 bits per heavy atom. The summed E-state index contributed by atoms with van der Waals surface area (Å²) < 4.78 is 0. The van der Waals surface area contributed by atoms with Gasteiger partial charge in [0.05, 0.1) is 6.10 Å². The van der Waals surface area contributed by atoms with Crippen molar-refractivity contribution in [3.63, 3.8) is 0 Å². The lowest BCUT2D eigenvalue weighted by Crippen LogP contribution is -2.62. The van der Waals surface area contributed by atoms with Crippen LogP contribution in [0.1, 0.15) is 105 Å². The van der Waals surface area contributed by atoms with Gasteiger partial charge in [-0.25, -0.2) is 4.79 Å². The molecule has 0 bridgehead atoms. The summed E-state index contributed by atoms with van der Waals surface area (Å²) in [5.41, 5.74) is 2.00. The molecular formula is C60H86N10O11. The first-order valence-corrected chi connectivity index (χ1v) is 27.9. The zero-order chi connectivity index (χ0) is 60.2. The minimum Gasteiger partial charge on any atom is -0.391 e. The van der Waals surface area contributed by atoms with E-state index in [-0.39, 0.29) is 62.7 Å². The molecule has 1 saturated heterocycles. The number of hydrogen-bond donors (Lipinski definition) is 8. The molecule has 21 heteroatoms. The van der Waals surface area contributed by atoms with Crippen LogP contribution >= 0.6 is 0 Å². The average molecular weight is 1120 g/mol. The number of nitrogens with zero attached hydrogens (tertiary/aromatic N) is 3. The first kappa shape index (κ1) is 65.8. The number of benzene rings is 3. The smallest absolute Gasteiger partial charge is 0.324 e. The van der Waals surface area contributed by atoms with Crippen LogP contribution in [-0.2, 0) is 62.4 Å². The van der Waals surface area contributed by atoms with Crippen molar-refractivity contribution in [2.24, 2.45) is 17.8 Å². The molecule has 81 heavy (non-hydrogen) atoms. The summed E-state index contributed by atoms with van der Waals surface area (Å²) >= 11 is 0. The maximum Gasteiger partial charge on any atom is 0.324 e. The lowest BCUT2D eigenvalue weighted by atomic mass is 9.97. The molecule has 1 heterocycles. The standard InChI is InChI=1S/C60H86N10O11/c1-35(2)28-44-53(74)63-45(29-36(3)4)55(76)66-51(40(9)71)58(79)67-60(81)70(12)49(34-43-26-20-15-21-27-43)56(77)61-38(7)31-50(72)68(10)39(8)52(73)65-47(33-42-24-18-14-19-25-42)59(80)69(11)48(30-37(5)6)57(78)64-46(54(75)62-44)32-41-22-16-13-17-23-41/h13-27,35-40,44-49,51,71H,28-34H2,1-12H3,(H,61,77)(H,62,75)(H,63,74)(H,64,78)(H,65,73)(H,66,76)(H,67,79,81)/t38-,39+,40?,44-,45-,46-,47-,48-,49-,51-/m0/s1. The predicted molar refractivity (Wildman–Crippen MR) is 306 cm³/mol. The number of aliphatic hydroxyl groups is 1. The number of carbonyl (C=O) groups is 10. The van der Waals surface area contributed by atoms with Crippen molar-refractivity contribution in [1.82, 2.24) is 51.9 Å². The van der Waals surface area contributed by atoms with Crippen molar-refractivity contribution < 1.29 is 53.1 Å². The summed E-state index contributed by atoms with van der Waals surface area (Å²) in [7, 11) is 4.14. The molecule has 442 valence electrons. The number of imide groups is 1. The number of nitrogens with one attached hydrogen (secondary N) is 7. The maximum atomic E-state index is 14.9. The van der Waals surface area contributed by atoms with E-state index < -0.39 is 120 Å². The van der Waals surface area contributed by atoms with Crippen molar-refractivity contribution in [1.29, 1.82) is 0 Å². The van der Waals surface area contributed by atoms with Gasteiger partial charge in [0.15, 0.2) is 0 Å². The minimum absolute atomic E-state index is 0.00314. The zero-order valence-corrected chi connectivity index (χ0v) is 49.0. The van der Waals surface area contributed by atoms with Crippen molar-refractivity contribution in [3.8, 4) is 0 Å². The van der Waals surface area contributed by atoms with Gasteiger partial charge in [-0.1, -0.05) is 133 Å². The molecule has 0 aliphatic carbocycles. The highest BCUT2D eigenvalue weighted by molar-refractivity contribution is 6.02. The molecule has 10 atom stereocenters. The van der Waals surface area contributed by atoms with Crippen molar-refractivity contribution in [3.05, 3.63) is 108 Å². The van der Waals surface area contributed by atoms with Crippen molar-refractivity contribution in [2.45, 2.75) is 168 Å². The van der Waals surface area contributed by atoms with Gasteiger partial charge in [-0.05, 0) is 74.5 Å². The highest BCUT2D eigenvalue weighted by atomic mass is 16.3. The van der Waals surface area contributed by atoms with E-state index in [9.17, 15) is 53.1 Å². The van der Waals surface area contributed by atoms with Crippen LogP contribution in [0.5, 0.6) is 0 Å². The van der Waals surface area contributed by atoms with Crippen LogP contribution in [0.4, 0.5) is 4.79 Å². The molecule has 1 unspecified atom stereocenters. The Bertz CT molecular complexity index is 2620. The fourth-order valence-corrected chi connectivity index (χ4v) is 9.41. The highest BCUT2D eigenvalue weighted by Crippen LogP contribution is 2.18. The first-order valence-electron chi connectivity index (χ1n) is 27.9. The summed E-state index contributed by atoms with van der Waals surface area (Å²) in [5, 5.41) is 29.7. The zero-order valence-electron chi connectivity index (χ0n) is 49.0. The Hall–Kier alpha value is -7.68. The monoisotopic (exact) mass is 1120 g/mol. The molecule has 1 aliphatic rings. The SMILES string of the molecule is CC(C)C[C@@H]1NC(=O)[C@H](Cc2ccccc2)NC(=O)[C@H](CC(C)C)N(C)C(=O)[C@H](Cc2ccccc2)NC(=O)[C@@H](C)N(C)C(=O)C[C@H](C)NC(=O)[C@H](Cc2ccccc2)N(C)C(=O)NC(=O)[C@H](C(C)O)NC(=O)[C@H](CC(C)C)NC1=O. The van der Waals surface area contributed by atoms with Gasteiger partial charge in [0.25, 0.3) is 5.91 Å². The molecule has 11 amide bonds. The topological polar surface area (TPSA) is 285 Å². The molecule has 0 radical (unpaired) electrons.